The van der Waals surface area contributed by atoms with E-state index in [0.29, 0.717) is 11.5 Å². The van der Waals surface area contributed by atoms with Crippen molar-refractivity contribution in [3.05, 3.63) is 11.6 Å². The predicted molar refractivity (Wildman–Crippen MR) is 71.8 cm³/mol. The van der Waals surface area contributed by atoms with Gasteiger partial charge in [0.05, 0.1) is 0 Å². The van der Waals surface area contributed by atoms with E-state index in [4.69, 9.17) is 0 Å². The number of carbonyl (C=O) groups is 2. The molecule has 0 N–H and O–H groups in total. The van der Waals surface area contributed by atoms with Gasteiger partial charge in [0.2, 0.25) is 11.6 Å². The molecule has 0 aromatic rings. The van der Waals surface area contributed by atoms with Crippen LogP contribution >= 0.6 is 0 Å². The zero-order valence-corrected chi connectivity index (χ0v) is 12.0. The Balaban J connectivity index is 5.03. The monoisotopic (exact) mass is 238 g/mol. The Hall–Kier alpha value is -0.920. The quantitative estimate of drug-likeness (QED) is 0.499. The molecule has 0 aliphatic rings. The maximum atomic E-state index is 12.1. The van der Waals surface area contributed by atoms with Gasteiger partial charge in [0.15, 0.2) is 0 Å². The molecule has 0 aliphatic carbocycles. The van der Waals surface area contributed by atoms with Crippen LogP contribution in [0.25, 0.3) is 0 Å². The van der Waals surface area contributed by atoms with E-state index in [1.54, 1.807) is 0 Å². The molecule has 2 heteroatoms. The zero-order chi connectivity index (χ0) is 13.6. The molecule has 0 aromatic carbocycles. The highest BCUT2D eigenvalue weighted by molar-refractivity contribution is 6.44. The van der Waals surface area contributed by atoms with E-state index in [-0.39, 0.29) is 23.4 Å². The van der Waals surface area contributed by atoms with Crippen LogP contribution in [0.5, 0.6) is 0 Å². The first-order chi connectivity index (χ1) is 7.84. The van der Waals surface area contributed by atoms with Gasteiger partial charge < -0.3 is 0 Å². The topological polar surface area (TPSA) is 34.1 Å². The summed E-state index contributed by atoms with van der Waals surface area (Å²) < 4.78 is 0. The highest BCUT2D eigenvalue weighted by Crippen LogP contribution is 2.18. The number of ketones is 2. The minimum absolute atomic E-state index is 0.115. The van der Waals surface area contributed by atoms with Crippen molar-refractivity contribution in [2.45, 2.75) is 54.4 Å². The molecular weight excluding hydrogens is 212 g/mol. The van der Waals surface area contributed by atoms with E-state index in [1.165, 1.54) is 0 Å². The number of Topliss-reactive ketones (excluding diaryl/α,β-unsaturated/α-hetero) is 2. The van der Waals surface area contributed by atoms with E-state index in [2.05, 4.69) is 13.8 Å². The minimum atomic E-state index is -0.283. The van der Waals surface area contributed by atoms with Crippen molar-refractivity contribution < 1.29 is 9.59 Å². The molecule has 0 bridgehead atoms. The van der Waals surface area contributed by atoms with Crippen LogP contribution in [0.1, 0.15) is 54.4 Å². The van der Waals surface area contributed by atoms with Crippen LogP contribution < -0.4 is 0 Å². The average molecular weight is 238 g/mol. The molecule has 0 heterocycles. The second-order valence-corrected chi connectivity index (χ2v) is 5.16. The Labute approximate surface area is 105 Å². The second kappa shape index (κ2) is 7.41. The summed E-state index contributed by atoms with van der Waals surface area (Å²) in [6.07, 6.45) is 3.67. The fourth-order valence-corrected chi connectivity index (χ4v) is 1.51. The summed E-state index contributed by atoms with van der Waals surface area (Å²) >= 11 is 0. The normalized spacial score (nSPS) is 15.8. The van der Waals surface area contributed by atoms with Crippen molar-refractivity contribution >= 4 is 11.6 Å². The summed E-state index contributed by atoms with van der Waals surface area (Å²) in [6.45, 7) is 11.8. The highest BCUT2D eigenvalue weighted by atomic mass is 16.2. The summed E-state index contributed by atoms with van der Waals surface area (Å²) in [5.41, 5.74) is 0.685. The van der Waals surface area contributed by atoms with Gasteiger partial charge in [0, 0.05) is 11.5 Å². The summed E-state index contributed by atoms with van der Waals surface area (Å²) in [4.78, 5) is 24.0. The lowest BCUT2D eigenvalue weighted by Gasteiger charge is -2.14. The zero-order valence-electron chi connectivity index (χ0n) is 12.0. The maximum Gasteiger partial charge on any atom is 0.224 e. The van der Waals surface area contributed by atoms with Crippen molar-refractivity contribution in [2.75, 3.05) is 0 Å². The molecule has 0 amide bonds. The van der Waals surface area contributed by atoms with Gasteiger partial charge in [-0.25, -0.2) is 0 Å². The van der Waals surface area contributed by atoms with Gasteiger partial charge in [0.1, 0.15) is 0 Å². The summed E-state index contributed by atoms with van der Waals surface area (Å²) in [5.74, 6) is -0.224. The lowest BCUT2D eigenvalue weighted by molar-refractivity contribution is -0.136. The van der Waals surface area contributed by atoms with Crippen molar-refractivity contribution in [3.8, 4) is 0 Å². The molecular formula is C15H26O2. The van der Waals surface area contributed by atoms with Gasteiger partial charge in [0.25, 0.3) is 0 Å². The summed E-state index contributed by atoms with van der Waals surface area (Å²) in [7, 11) is 0. The summed E-state index contributed by atoms with van der Waals surface area (Å²) in [6, 6.07) is 0. The van der Waals surface area contributed by atoms with Gasteiger partial charge in [-0.3, -0.25) is 9.59 Å². The Morgan fingerprint density at radius 3 is 1.88 bits per heavy atom. The number of rotatable bonds is 7. The maximum absolute atomic E-state index is 12.1. The van der Waals surface area contributed by atoms with Crippen LogP contribution in [0.15, 0.2) is 11.6 Å². The van der Waals surface area contributed by atoms with Gasteiger partial charge in [-0.05, 0) is 18.3 Å². The molecule has 2 atom stereocenters. The van der Waals surface area contributed by atoms with Crippen LogP contribution in [-0.4, -0.2) is 11.6 Å². The smallest absolute Gasteiger partial charge is 0.224 e. The van der Waals surface area contributed by atoms with E-state index in [9.17, 15) is 9.59 Å². The van der Waals surface area contributed by atoms with Gasteiger partial charge in [-0.1, -0.05) is 54.0 Å². The third-order valence-electron chi connectivity index (χ3n) is 3.28. The SMILES string of the molecule is CCC(C)C=C(C(=O)C(=O)C(C)CC)C(C)C. The molecule has 0 rings (SSSR count). The Morgan fingerprint density at radius 2 is 1.53 bits per heavy atom. The van der Waals surface area contributed by atoms with Crippen LogP contribution in [0, 0.1) is 17.8 Å². The molecule has 2 unspecified atom stereocenters. The standard InChI is InChI=1S/C15H26O2/c1-7-11(5)9-13(10(3)4)15(17)14(16)12(6)8-2/h9-12H,7-8H2,1-6H3. The van der Waals surface area contributed by atoms with Crippen LogP contribution in [0.4, 0.5) is 0 Å². The number of allylic oxidation sites excluding steroid dienone is 2. The third-order valence-corrected chi connectivity index (χ3v) is 3.28. The van der Waals surface area contributed by atoms with E-state index >= 15 is 0 Å². The number of carbonyl (C=O) groups excluding carboxylic acids is 2. The molecule has 0 saturated heterocycles. The Morgan fingerprint density at radius 1 is 1.00 bits per heavy atom. The van der Waals surface area contributed by atoms with Crippen LogP contribution in [0.2, 0.25) is 0 Å². The Bertz CT molecular complexity index is 300. The molecule has 0 radical (unpaired) electrons. The predicted octanol–water partition coefficient (Wildman–Crippen LogP) is 3.80. The lowest BCUT2D eigenvalue weighted by atomic mass is 9.88. The van der Waals surface area contributed by atoms with Crippen molar-refractivity contribution in [1.82, 2.24) is 0 Å². The van der Waals surface area contributed by atoms with E-state index in [1.807, 2.05) is 33.8 Å². The Kier molecular flexibility index (Phi) is 7.01. The molecule has 0 saturated carbocycles. The van der Waals surface area contributed by atoms with Gasteiger partial charge in [-0.2, -0.15) is 0 Å². The lowest BCUT2D eigenvalue weighted by Crippen LogP contribution is -2.25. The largest absolute Gasteiger partial charge is 0.290 e. The van der Waals surface area contributed by atoms with E-state index < -0.39 is 0 Å². The van der Waals surface area contributed by atoms with Crippen molar-refractivity contribution in [2.24, 2.45) is 17.8 Å². The molecule has 98 valence electrons. The number of hydrogen-bond donors (Lipinski definition) is 0. The first-order valence-electron chi connectivity index (χ1n) is 6.65. The first-order valence-corrected chi connectivity index (χ1v) is 6.65. The van der Waals surface area contributed by atoms with Crippen LogP contribution in [0.3, 0.4) is 0 Å². The molecule has 17 heavy (non-hydrogen) atoms. The van der Waals surface area contributed by atoms with Gasteiger partial charge in [-0.15, -0.1) is 0 Å². The van der Waals surface area contributed by atoms with E-state index in [0.717, 1.165) is 12.8 Å². The average Bonchev–Trinajstić information content (AvgIpc) is 2.32. The van der Waals surface area contributed by atoms with Gasteiger partial charge >= 0.3 is 0 Å². The molecule has 0 aliphatic heterocycles. The second-order valence-electron chi connectivity index (χ2n) is 5.16. The fraction of sp³-hybridized carbons (Fsp3) is 0.733. The van der Waals surface area contributed by atoms with Crippen molar-refractivity contribution in [1.29, 1.82) is 0 Å². The van der Waals surface area contributed by atoms with Crippen LogP contribution in [-0.2, 0) is 9.59 Å². The van der Waals surface area contributed by atoms with Crippen molar-refractivity contribution in [3.63, 3.8) is 0 Å². The number of hydrogen-bond acceptors (Lipinski definition) is 2. The minimum Gasteiger partial charge on any atom is -0.290 e. The highest BCUT2D eigenvalue weighted by Gasteiger charge is 2.25. The molecule has 0 spiro atoms. The summed E-state index contributed by atoms with van der Waals surface area (Å²) in [5, 5.41) is 0. The first kappa shape index (κ1) is 16.1. The fourth-order valence-electron chi connectivity index (χ4n) is 1.51. The molecule has 0 aromatic heterocycles. The molecule has 2 nitrogen and oxygen atoms in total. The molecule has 0 fully saturated rings. The third kappa shape index (κ3) is 4.84.